The average molecular weight is 919 g/mol. The van der Waals surface area contributed by atoms with E-state index in [4.69, 9.17) is 22.6 Å². The minimum Gasteiger partial charge on any atom is -0.424 e. The van der Waals surface area contributed by atoms with Crippen molar-refractivity contribution in [3.05, 3.63) is 42.7 Å². The van der Waals surface area contributed by atoms with Gasteiger partial charge in [0.25, 0.3) is 0 Å². The Kier molecular flexibility index (Phi) is 28.8. The smallest absolute Gasteiger partial charge is 0.424 e. The number of carbonyl (C=O) groups is 2. The SMILES string of the molecule is [C-]#[N+]C([N+]#[C-])=C1Sc2c(OC(=O)CCCCCCCCCCCCCCCCC)c3c(c(OC(=O)CCCCCCCCCCCCCCCCC)c2S1)SC(=C(C#N)C#N)S3. The summed E-state index contributed by atoms with van der Waals surface area (Å²) in [7, 11) is 0. The molecule has 0 amide bonds. The molecular formula is C50H70N4O4S4. The Labute approximate surface area is 391 Å². The molecule has 12 heteroatoms. The van der Waals surface area contributed by atoms with Crippen LogP contribution in [0.4, 0.5) is 0 Å². The Morgan fingerprint density at radius 2 is 0.710 bits per heavy atom. The third kappa shape index (κ3) is 19.8. The lowest BCUT2D eigenvalue weighted by molar-refractivity contribution is -0.136. The molecule has 0 aromatic heterocycles. The van der Waals surface area contributed by atoms with Gasteiger partial charge >= 0.3 is 17.8 Å². The molecule has 1 aromatic carbocycles. The Balaban J connectivity index is 1.56. The molecular weight excluding hydrogens is 849 g/mol. The molecule has 338 valence electrons. The predicted octanol–water partition coefficient (Wildman–Crippen LogP) is 17.6. The van der Waals surface area contributed by atoms with Gasteiger partial charge in [0.1, 0.15) is 35.1 Å². The van der Waals surface area contributed by atoms with Gasteiger partial charge in [-0.15, -0.1) is 0 Å². The minimum atomic E-state index is -0.399. The standard InChI is InChI=1S/C50H70N4O4S4/c1-5-7-9-11-13-15-17-19-21-23-25-27-29-31-33-35-40(55)57-42-44-45(60-49(59-44)39(37-51)38-52)43(47-46(42)61-50(62-47)48(53-3)54-4)58-41(56)36-34-32-30-28-26-24-22-20-18-16-14-12-10-8-6-2/h5-36H2,1-2H3. The lowest BCUT2D eigenvalue weighted by atomic mass is 10.0. The second-order valence-electron chi connectivity index (χ2n) is 16.5. The highest BCUT2D eigenvalue weighted by atomic mass is 32.2. The van der Waals surface area contributed by atoms with Crippen molar-refractivity contribution in [3.63, 3.8) is 0 Å². The first-order valence-corrected chi connectivity index (χ1v) is 27.1. The second kappa shape index (κ2) is 33.5. The van der Waals surface area contributed by atoms with Gasteiger partial charge in [0.2, 0.25) is 0 Å². The zero-order valence-electron chi connectivity index (χ0n) is 37.7. The second-order valence-corrected chi connectivity index (χ2v) is 21.1. The fourth-order valence-corrected chi connectivity index (χ4v) is 12.8. The third-order valence-corrected chi connectivity index (χ3v) is 16.4. The summed E-state index contributed by atoms with van der Waals surface area (Å²) in [6, 6.07) is 3.93. The molecule has 0 bridgehead atoms. The summed E-state index contributed by atoms with van der Waals surface area (Å²) in [5, 5.41) is 19.5. The number of hydrogen-bond acceptors (Lipinski definition) is 10. The summed E-state index contributed by atoms with van der Waals surface area (Å²) in [4.78, 5) is 35.7. The fraction of sp³-hybridized carbons (Fsp3) is 0.680. The molecule has 3 rings (SSSR count). The van der Waals surface area contributed by atoms with Crippen molar-refractivity contribution in [2.45, 2.75) is 239 Å². The third-order valence-electron chi connectivity index (χ3n) is 11.2. The van der Waals surface area contributed by atoms with Crippen molar-refractivity contribution in [1.29, 1.82) is 10.5 Å². The number of unbranched alkanes of at least 4 members (excludes halogenated alkanes) is 28. The number of thioether (sulfide) groups is 4. The number of ether oxygens (including phenoxy) is 2. The van der Waals surface area contributed by atoms with Gasteiger partial charge in [-0.05, 0) is 12.8 Å². The highest BCUT2D eigenvalue weighted by Crippen LogP contribution is 2.68. The molecule has 2 aliphatic heterocycles. The van der Waals surface area contributed by atoms with Crippen LogP contribution in [0.5, 0.6) is 11.5 Å². The van der Waals surface area contributed by atoms with Gasteiger partial charge in [-0.25, -0.2) is 0 Å². The molecule has 0 unspecified atom stereocenters. The molecule has 8 nitrogen and oxygen atoms in total. The maximum atomic E-state index is 13.4. The van der Waals surface area contributed by atoms with Crippen molar-refractivity contribution in [2.24, 2.45) is 0 Å². The van der Waals surface area contributed by atoms with Crippen LogP contribution in [-0.2, 0) is 9.59 Å². The Hall–Kier alpha value is -3.00. The fourth-order valence-electron chi connectivity index (χ4n) is 7.62. The van der Waals surface area contributed by atoms with Crippen molar-refractivity contribution >= 4 is 59.0 Å². The number of nitrogens with zero attached hydrogens (tertiary/aromatic N) is 4. The van der Waals surface area contributed by atoms with Crippen molar-refractivity contribution in [1.82, 2.24) is 0 Å². The number of nitriles is 2. The summed E-state index contributed by atoms with van der Waals surface area (Å²) in [6.07, 6.45) is 37.3. The molecule has 0 N–H and O–H groups in total. The summed E-state index contributed by atoms with van der Waals surface area (Å²) < 4.78 is 13.1. The zero-order chi connectivity index (χ0) is 44.6. The van der Waals surface area contributed by atoms with E-state index < -0.39 is 11.9 Å². The molecule has 0 fully saturated rings. The molecule has 2 heterocycles. The van der Waals surface area contributed by atoms with Crippen molar-refractivity contribution in [3.8, 4) is 23.6 Å². The first kappa shape index (κ1) is 53.3. The molecule has 0 spiro atoms. The van der Waals surface area contributed by atoms with Gasteiger partial charge in [0.15, 0.2) is 11.5 Å². The van der Waals surface area contributed by atoms with Crippen LogP contribution in [0.25, 0.3) is 9.69 Å². The van der Waals surface area contributed by atoms with Crippen LogP contribution in [0.3, 0.4) is 0 Å². The number of hydrogen-bond donors (Lipinski definition) is 0. The summed E-state index contributed by atoms with van der Waals surface area (Å²) in [5.74, 6) is -0.395. The van der Waals surface area contributed by atoms with Crippen molar-refractivity contribution < 1.29 is 19.1 Å². The maximum absolute atomic E-state index is 13.4. The van der Waals surface area contributed by atoms with Crippen LogP contribution < -0.4 is 9.47 Å². The van der Waals surface area contributed by atoms with Crippen LogP contribution in [0.2, 0.25) is 0 Å². The van der Waals surface area contributed by atoms with Crippen LogP contribution in [0, 0.1) is 35.8 Å². The Morgan fingerprint density at radius 3 is 0.968 bits per heavy atom. The average Bonchev–Trinajstić information content (AvgIpc) is 3.92. The van der Waals surface area contributed by atoms with Crippen LogP contribution in [-0.4, -0.2) is 11.9 Å². The highest BCUT2D eigenvalue weighted by Gasteiger charge is 2.41. The van der Waals surface area contributed by atoms with E-state index in [0.29, 0.717) is 40.9 Å². The highest BCUT2D eigenvalue weighted by molar-refractivity contribution is 8.26. The van der Waals surface area contributed by atoms with Crippen molar-refractivity contribution in [2.75, 3.05) is 0 Å². The normalized spacial score (nSPS) is 12.5. The lowest BCUT2D eigenvalue weighted by Gasteiger charge is -2.16. The largest absolute Gasteiger partial charge is 0.540 e. The van der Waals surface area contributed by atoms with E-state index in [1.54, 1.807) is 0 Å². The van der Waals surface area contributed by atoms with Crippen LogP contribution >= 0.6 is 47.0 Å². The quantitative estimate of drug-likeness (QED) is 0.0218. The predicted molar refractivity (Wildman–Crippen MR) is 259 cm³/mol. The number of benzene rings is 1. The number of fused-ring (bicyclic) bond motifs is 2. The van der Waals surface area contributed by atoms with E-state index in [1.807, 2.05) is 12.1 Å². The molecule has 2 aliphatic rings. The first-order chi connectivity index (χ1) is 30.4. The van der Waals surface area contributed by atoms with Gasteiger partial charge in [0, 0.05) is 12.8 Å². The van der Waals surface area contributed by atoms with Gasteiger partial charge in [0.05, 0.1) is 23.8 Å². The first-order valence-electron chi connectivity index (χ1n) is 23.8. The minimum absolute atomic E-state index is 0.0780. The van der Waals surface area contributed by atoms with Gasteiger partial charge < -0.3 is 9.47 Å². The molecule has 0 saturated heterocycles. The molecule has 62 heavy (non-hydrogen) atoms. The van der Waals surface area contributed by atoms with E-state index in [9.17, 15) is 20.1 Å². The van der Waals surface area contributed by atoms with Gasteiger partial charge in [-0.2, -0.15) is 20.2 Å². The van der Waals surface area contributed by atoms with E-state index in [-0.39, 0.29) is 35.7 Å². The van der Waals surface area contributed by atoms with E-state index >= 15 is 0 Å². The number of esters is 2. The molecule has 0 saturated carbocycles. The van der Waals surface area contributed by atoms with Gasteiger partial charge in [-0.3, -0.25) is 9.59 Å². The molecule has 0 radical (unpaired) electrons. The maximum Gasteiger partial charge on any atom is 0.540 e. The van der Waals surface area contributed by atoms with Crippen LogP contribution in [0.15, 0.2) is 39.5 Å². The molecule has 0 atom stereocenters. The van der Waals surface area contributed by atoms with E-state index in [2.05, 4.69) is 23.5 Å². The number of allylic oxidation sites excluding steroid dienone is 1. The monoisotopic (exact) mass is 918 g/mol. The van der Waals surface area contributed by atoms with Gasteiger partial charge in [-0.1, -0.05) is 241 Å². The van der Waals surface area contributed by atoms with Crippen LogP contribution in [0.1, 0.15) is 219 Å². The summed E-state index contributed by atoms with van der Waals surface area (Å²) in [5.41, 5.74) is -0.0780. The van der Waals surface area contributed by atoms with E-state index in [0.717, 1.165) is 85.6 Å². The lowest BCUT2D eigenvalue weighted by Crippen LogP contribution is -2.12. The summed E-state index contributed by atoms with van der Waals surface area (Å²) in [6.45, 7) is 19.7. The zero-order valence-corrected chi connectivity index (χ0v) is 40.9. The Morgan fingerprint density at radius 1 is 0.452 bits per heavy atom. The molecule has 0 aliphatic carbocycles. The molecule has 1 aromatic rings. The number of carbonyl (C=O) groups excluding carboxylic acids is 2. The summed E-state index contributed by atoms with van der Waals surface area (Å²) >= 11 is 4.61. The topological polar surface area (TPSA) is 109 Å². The number of rotatable bonds is 34. The Bertz CT molecular complexity index is 1600. The van der Waals surface area contributed by atoms with E-state index in [1.165, 1.54) is 141 Å².